The minimum Gasteiger partial charge on any atom is -0.280 e. The first kappa shape index (κ1) is 21.2. The number of benzene rings is 1. The van der Waals surface area contributed by atoms with Gasteiger partial charge in [0.15, 0.2) is 0 Å². The van der Waals surface area contributed by atoms with Gasteiger partial charge in [0.1, 0.15) is 5.54 Å². The van der Waals surface area contributed by atoms with Crippen LogP contribution in [0.2, 0.25) is 0 Å². The molecule has 2 nitrogen and oxygen atoms in total. The molecule has 0 bridgehead atoms. The Balaban J connectivity index is 1.80. The lowest BCUT2D eigenvalue weighted by atomic mass is 9.62. The van der Waals surface area contributed by atoms with Crippen molar-refractivity contribution in [1.82, 2.24) is 0 Å². The minimum atomic E-state index is -0.360. The molecule has 1 aliphatic carbocycles. The Morgan fingerprint density at radius 3 is 2.71 bits per heavy atom. The van der Waals surface area contributed by atoms with Crippen molar-refractivity contribution in [3.05, 3.63) is 101 Å². The van der Waals surface area contributed by atoms with Crippen LogP contribution in [-0.2, 0) is 0 Å². The van der Waals surface area contributed by atoms with E-state index in [1.807, 2.05) is 19.4 Å². The van der Waals surface area contributed by atoms with Crippen LogP contribution in [0.1, 0.15) is 46.1 Å². The summed E-state index contributed by atoms with van der Waals surface area (Å²) in [5, 5.41) is 0. The maximum atomic E-state index is 5.07. The van der Waals surface area contributed by atoms with Gasteiger partial charge in [-0.1, -0.05) is 73.7 Å². The summed E-state index contributed by atoms with van der Waals surface area (Å²) >= 11 is 0. The largest absolute Gasteiger partial charge is 0.280 e. The van der Waals surface area contributed by atoms with E-state index in [-0.39, 0.29) is 5.54 Å². The molecular formula is C29H32N2. The van der Waals surface area contributed by atoms with Gasteiger partial charge in [-0.05, 0) is 67.0 Å². The molecule has 1 aromatic rings. The summed E-state index contributed by atoms with van der Waals surface area (Å²) in [5.41, 5.74) is 8.42. The lowest BCUT2D eigenvalue weighted by Gasteiger charge is -2.46. The van der Waals surface area contributed by atoms with Crippen molar-refractivity contribution < 1.29 is 0 Å². The number of hydrogen-bond acceptors (Lipinski definition) is 2. The topological polar surface area (TPSA) is 24.7 Å². The Bertz CT molecular complexity index is 1090. The zero-order valence-corrected chi connectivity index (χ0v) is 19.1. The van der Waals surface area contributed by atoms with E-state index in [1.165, 1.54) is 27.9 Å². The second-order valence-corrected chi connectivity index (χ2v) is 9.12. The van der Waals surface area contributed by atoms with Crippen molar-refractivity contribution in [1.29, 1.82) is 0 Å². The molecule has 0 radical (unpaired) electrons. The van der Waals surface area contributed by atoms with Crippen LogP contribution in [0.25, 0.3) is 5.57 Å². The summed E-state index contributed by atoms with van der Waals surface area (Å²) in [7, 11) is 0. The molecule has 3 unspecified atom stereocenters. The van der Waals surface area contributed by atoms with E-state index in [0.717, 1.165) is 24.1 Å². The molecule has 3 aliphatic rings. The molecular weight excluding hydrogens is 376 g/mol. The van der Waals surface area contributed by atoms with Gasteiger partial charge >= 0.3 is 0 Å². The van der Waals surface area contributed by atoms with Gasteiger partial charge < -0.3 is 0 Å². The molecule has 2 heteroatoms. The van der Waals surface area contributed by atoms with E-state index in [9.17, 15) is 0 Å². The third kappa shape index (κ3) is 3.99. The molecule has 0 spiro atoms. The quantitative estimate of drug-likeness (QED) is 0.467. The number of allylic oxidation sites excluding steroid dienone is 9. The second kappa shape index (κ2) is 8.63. The van der Waals surface area contributed by atoms with Crippen molar-refractivity contribution in [3.8, 4) is 0 Å². The molecule has 3 atom stereocenters. The van der Waals surface area contributed by atoms with Gasteiger partial charge in [0.2, 0.25) is 0 Å². The molecule has 0 amide bonds. The average molecular weight is 409 g/mol. The molecule has 0 aromatic heterocycles. The number of dihydropyridines is 1. The highest BCUT2D eigenvalue weighted by atomic mass is 15.0. The normalized spacial score (nSPS) is 28.1. The second-order valence-electron chi connectivity index (χ2n) is 9.12. The van der Waals surface area contributed by atoms with E-state index < -0.39 is 0 Å². The predicted octanol–water partition coefficient (Wildman–Crippen LogP) is 7.30. The molecule has 31 heavy (non-hydrogen) atoms. The van der Waals surface area contributed by atoms with Crippen LogP contribution in [0.5, 0.6) is 0 Å². The third-order valence-electron chi connectivity index (χ3n) is 6.63. The molecule has 2 aliphatic heterocycles. The van der Waals surface area contributed by atoms with Crippen LogP contribution in [0.3, 0.4) is 0 Å². The molecule has 0 N–H and O–H groups in total. The number of nitrogens with zero attached hydrogens (tertiary/aromatic N) is 2. The van der Waals surface area contributed by atoms with Crippen LogP contribution in [0.15, 0.2) is 105 Å². The molecule has 0 saturated carbocycles. The summed E-state index contributed by atoms with van der Waals surface area (Å²) in [6.45, 7) is 12.8. The zero-order chi connectivity index (χ0) is 22.0. The van der Waals surface area contributed by atoms with E-state index in [4.69, 9.17) is 9.98 Å². The smallest absolute Gasteiger partial charge is 0.107 e. The zero-order valence-electron chi connectivity index (χ0n) is 19.1. The first-order chi connectivity index (χ1) is 14.9. The monoisotopic (exact) mass is 408 g/mol. The fraction of sp³-hybridized carbons (Fsp3) is 0.310. The Morgan fingerprint density at radius 1 is 1.19 bits per heavy atom. The van der Waals surface area contributed by atoms with Gasteiger partial charge in [-0.2, -0.15) is 0 Å². The maximum absolute atomic E-state index is 5.07. The van der Waals surface area contributed by atoms with Gasteiger partial charge in [-0.3, -0.25) is 9.98 Å². The van der Waals surface area contributed by atoms with E-state index in [2.05, 4.69) is 88.1 Å². The predicted molar refractivity (Wildman–Crippen MR) is 135 cm³/mol. The first-order valence-corrected chi connectivity index (χ1v) is 11.2. The van der Waals surface area contributed by atoms with E-state index in [1.54, 1.807) is 0 Å². The fourth-order valence-corrected chi connectivity index (χ4v) is 5.31. The molecule has 1 aromatic carbocycles. The van der Waals surface area contributed by atoms with Gasteiger partial charge in [0.05, 0.1) is 5.70 Å². The van der Waals surface area contributed by atoms with E-state index >= 15 is 0 Å². The Labute approximate surface area is 186 Å². The fourth-order valence-electron chi connectivity index (χ4n) is 5.31. The lowest BCUT2D eigenvalue weighted by Crippen LogP contribution is -2.44. The highest BCUT2D eigenvalue weighted by Crippen LogP contribution is 2.53. The van der Waals surface area contributed by atoms with Crippen molar-refractivity contribution in [2.45, 2.75) is 46.1 Å². The van der Waals surface area contributed by atoms with Gasteiger partial charge in [-0.15, -0.1) is 0 Å². The Kier molecular flexibility index (Phi) is 5.91. The van der Waals surface area contributed by atoms with Gasteiger partial charge in [0.25, 0.3) is 0 Å². The summed E-state index contributed by atoms with van der Waals surface area (Å²) in [5.74, 6) is 0.769. The number of aliphatic imine (C=N–C) groups is 2. The number of fused-ring (bicyclic) bond motifs is 2. The average Bonchev–Trinajstić information content (AvgIpc) is 2.96. The molecule has 2 heterocycles. The highest BCUT2D eigenvalue weighted by molar-refractivity contribution is 5.89. The van der Waals surface area contributed by atoms with Crippen LogP contribution < -0.4 is 0 Å². The van der Waals surface area contributed by atoms with Crippen LogP contribution >= 0.6 is 0 Å². The van der Waals surface area contributed by atoms with Crippen molar-refractivity contribution >= 4 is 18.0 Å². The van der Waals surface area contributed by atoms with Crippen LogP contribution in [0.4, 0.5) is 0 Å². The van der Waals surface area contributed by atoms with Crippen molar-refractivity contribution in [2.24, 2.45) is 21.8 Å². The molecule has 0 fully saturated rings. The molecule has 0 saturated heterocycles. The lowest BCUT2D eigenvalue weighted by molar-refractivity contribution is 0.286. The standard InChI is InChI=1S/C29H32N2/c1-20(2)11-9-12-21(3)24-15-10-17-30-28-26(24)19-22(4)27-25(16-18-31-29(27,28)5)23-13-7-6-8-14-23/h6-9,11-18,22,27H,1,10,19H2,2-5H3. The number of hydrogen-bond donors (Lipinski definition) is 0. The maximum Gasteiger partial charge on any atom is 0.107 e. The number of rotatable bonds is 4. The van der Waals surface area contributed by atoms with E-state index in [0.29, 0.717) is 11.8 Å². The molecule has 158 valence electrons. The summed E-state index contributed by atoms with van der Waals surface area (Å²) in [6, 6.07) is 10.7. The van der Waals surface area contributed by atoms with Crippen LogP contribution in [-0.4, -0.2) is 18.0 Å². The summed E-state index contributed by atoms with van der Waals surface area (Å²) in [4.78, 5) is 10.1. The molecule has 4 rings (SSSR count). The van der Waals surface area contributed by atoms with Crippen molar-refractivity contribution in [2.75, 3.05) is 0 Å². The third-order valence-corrected chi connectivity index (χ3v) is 6.63. The SMILES string of the molecule is C=C(C)C=CC=C(C)C1=CCC=NC2=C1CC(C)C1C(c3ccccc3)=CC=NC21C. The minimum absolute atomic E-state index is 0.308. The van der Waals surface area contributed by atoms with Crippen molar-refractivity contribution in [3.63, 3.8) is 0 Å². The van der Waals surface area contributed by atoms with Gasteiger partial charge in [-0.25, -0.2) is 0 Å². The van der Waals surface area contributed by atoms with Crippen LogP contribution in [0, 0.1) is 11.8 Å². The Morgan fingerprint density at radius 2 is 1.97 bits per heavy atom. The summed E-state index contributed by atoms with van der Waals surface area (Å²) in [6.07, 6.45) is 16.8. The highest BCUT2D eigenvalue weighted by Gasteiger charge is 2.49. The van der Waals surface area contributed by atoms with Gasteiger partial charge in [0, 0.05) is 24.8 Å². The first-order valence-electron chi connectivity index (χ1n) is 11.2. The Hall–Kier alpha value is -3.00. The summed E-state index contributed by atoms with van der Waals surface area (Å²) < 4.78 is 0.